The zero-order valence-electron chi connectivity index (χ0n) is 13.2. The Hall–Kier alpha value is -0.620. The fourth-order valence-electron chi connectivity index (χ4n) is 5.43. The average Bonchev–Trinajstić information content (AvgIpc) is 2.96. The van der Waals surface area contributed by atoms with Crippen LogP contribution in [0.15, 0.2) is 0 Å². The van der Waals surface area contributed by atoms with E-state index in [1.165, 1.54) is 0 Å². The number of carbonyl (C=O) groups excluding carboxylic acids is 1. The van der Waals surface area contributed by atoms with Crippen LogP contribution in [0.2, 0.25) is 0 Å². The maximum absolute atomic E-state index is 14.1. The molecular formula is C17H25F3N2O. The Morgan fingerprint density at radius 1 is 0.957 bits per heavy atom. The minimum absolute atomic E-state index is 0.0100. The van der Waals surface area contributed by atoms with Crippen molar-refractivity contribution < 1.29 is 18.0 Å². The number of piperidine rings is 1. The number of Topliss-reactive ketones (excluding diaryl/α,β-unsaturated/α-hetero) is 1. The largest absolute Gasteiger partial charge is 0.310 e. The third-order valence-corrected chi connectivity index (χ3v) is 6.64. The number of carbonyl (C=O) groups is 1. The Morgan fingerprint density at radius 3 is 2.57 bits per heavy atom. The lowest BCUT2D eigenvalue weighted by Crippen LogP contribution is -2.58. The molecule has 9 unspecified atom stereocenters. The van der Waals surface area contributed by atoms with Crippen LogP contribution in [-0.2, 0) is 4.79 Å². The van der Waals surface area contributed by atoms with E-state index in [1.807, 2.05) is 0 Å². The van der Waals surface area contributed by atoms with Gasteiger partial charge in [0.2, 0.25) is 0 Å². The minimum Gasteiger partial charge on any atom is -0.310 e. The molecule has 2 aliphatic heterocycles. The van der Waals surface area contributed by atoms with E-state index in [0.29, 0.717) is 18.7 Å². The van der Waals surface area contributed by atoms with Gasteiger partial charge < -0.3 is 10.6 Å². The molecule has 2 N–H and O–H groups in total. The Bertz CT molecular complexity index is 477. The van der Waals surface area contributed by atoms with Crippen molar-refractivity contribution in [3.8, 4) is 0 Å². The van der Waals surface area contributed by atoms with Gasteiger partial charge in [-0.1, -0.05) is 12.8 Å². The summed E-state index contributed by atoms with van der Waals surface area (Å²) >= 11 is 0. The Labute approximate surface area is 134 Å². The molecule has 0 bridgehead atoms. The van der Waals surface area contributed by atoms with Crippen molar-refractivity contribution >= 4 is 5.78 Å². The van der Waals surface area contributed by atoms with Gasteiger partial charge in [0.25, 0.3) is 0 Å². The molecule has 2 heterocycles. The van der Waals surface area contributed by atoms with E-state index in [0.717, 1.165) is 25.7 Å². The highest BCUT2D eigenvalue weighted by molar-refractivity contribution is 5.83. The van der Waals surface area contributed by atoms with E-state index >= 15 is 0 Å². The highest BCUT2D eigenvalue weighted by Crippen LogP contribution is 2.42. The summed E-state index contributed by atoms with van der Waals surface area (Å²) in [4.78, 5) is 12.5. The molecule has 0 amide bonds. The van der Waals surface area contributed by atoms with E-state index in [-0.39, 0.29) is 36.3 Å². The first-order chi connectivity index (χ1) is 11.1. The molecule has 2 saturated heterocycles. The van der Waals surface area contributed by atoms with Gasteiger partial charge in [0, 0.05) is 37.0 Å². The molecule has 6 heteroatoms. The quantitative estimate of drug-likeness (QED) is 0.774. The molecule has 0 aromatic carbocycles. The average molecular weight is 330 g/mol. The summed E-state index contributed by atoms with van der Waals surface area (Å²) in [6, 6.07) is -0.420. The summed E-state index contributed by atoms with van der Waals surface area (Å²) in [5, 5.41) is 6.66. The lowest BCUT2D eigenvalue weighted by Gasteiger charge is -2.44. The first-order valence-corrected chi connectivity index (χ1v) is 9.00. The van der Waals surface area contributed by atoms with Crippen LogP contribution in [0.5, 0.6) is 0 Å². The zero-order valence-corrected chi connectivity index (χ0v) is 13.2. The Morgan fingerprint density at radius 2 is 1.74 bits per heavy atom. The standard InChI is InChI=1S/C17H25F3N2O/c18-11-5-9-10(7-21-17(9)16(20)15(11)19)13-6-14(23)8-3-1-2-4-12(8)22-13/h8-13,15-17,21-22H,1-7H2. The lowest BCUT2D eigenvalue weighted by atomic mass is 9.70. The fraction of sp³-hybridized carbons (Fsp3) is 0.941. The number of nitrogens with one attached hydrogen (secondary N) is 2. The number of hydrogen-bond donors (Lipinski definition) is 2. The summed E-state index contributed by atoms with van der Waals surface area (Å²) in [5.41, 5.74) is 0. The number of ketones is 1. The molecule has 3 nitrogen and oxygen atoms in total. The number of alkyl halides is 3. The Balaban J connectivity index is 1.49. The minimum atomic E-state index is -2.02. The fourth-order valence-corrected chi connectivity index (χ4v) is 5.43. The Kier molecular flexibility index (Phi) is 4.16. The number of rotatable bonds is 1. The van der Waals surface area contributed by atoms with Crippen molar-refractivity contribution in [3.63, 3.8) is 0 Å². The van der Waals surface area contributed by atoms with E-state index in [4.69, 9.17) is 0 Å². The van der Waals surface area contributed by atoms with Crippen LogP contribution in [0.3, 0.4) is 0 Å². The second-order valence-corrected chi connectivity index (χ2v) is 7.84. The molecule has 23 heavy (non-hydrogen) atoms. The van der Waals surface area contributed by atoms with Gasteiger partial charge in [0.1, 0.15) is 18.1 Å². The third-order valence-electron chi connectivity index (χ3n) is 6.64. The first kappa shape index (κ1) is 15.9. The van der Waals surface area contributed by atoms with E-state index in [2.05, 4.69) is 10.6 Å². The summed E-state index contributed by atoms with van der Waals surface area (Å²) in [7, 11) is 0. The van der Waals surface area contributed by atoms with Gasteiger partial charge >= 0.3 is 0 Å². The van der Waals surface area contributed by atoms with E-state index in [9.17, 15) is 18.0 Å². The van der Waals surface area contributed by atoms with Crippen molar-refractivity contribution in [2.75, 3.05) is 6.54 Å². The SMILES string of the molecule is O=C1CC(C2CNC3C(F)C(F)C(F)CC23)NC2CCCCC12. The zero-order chi connectivity index (χ0) is 16.1. The van der Waals surface area contributed by atoms with Gasteiger partial charge in [-0.3, -0.25) is 4.79 Å². The molecule has 0 radical (unpaired) electrons. The molecule has 2 aliphatic carbocycles. The number of hydrogen-bond acceptors (Lipinski definition) is 3. The van der Waals surface area contributed by atoms with Crippen molar-refractivity contribution in [3.05, 3.63) is 0 Å². The summed E-state index contributed by atoms with van der Waals surface area (Å²) in [6.45, 7) is 0.539. The summed E-state index contributed by atoms with van der Waals surface area (Å²) < 4.78 is 41.5. The van der Waals surface area contributed by atoms with Crippen LogP contribution in [-0.4, -0.2) is 49.0 Å². The molecule has 0 spiro atoms. The number of fused-ring (bicyclic) bond motifs is 2. The second-order valence-electron chi connectivity index (χ2n) is 7.84. The van der Waals surface area contributed by atoms with Gasteiger partial charge in [0.15, 0.2) is 6.17 Å². The molecule has 4 aliphatic rings. The maximum Gasteiger partial charge on any atom is 0.164 e. The van der Waals surface area contributed by atoms with Crippen LogP contribution in [0, 0.1) is 17.8 Å². The maximum atomic E-state index is 14.1. The molecule has 9 atom stereocenters. The van der Waals surface area contributed by atoms with Crippen molar-refractivity contribution in [1.82, 2.24) is 10.6 Å². The summed E-state index contributed by atoms with van der Waals surface area (Å²) in [6.07, 6.45) is -0.817. The molecule has 2 saturated carbocycles. The lowest BCUT2D eigenvalue weighted by molar-refractivity contribution is -0.128. The third kappa shape index (κ3) is 2.62. The van der Waals surface area contributed by atoms with Gasteiger partial charge in [-0.2, -0.15) is 0 Å². The predicted octanol–water partition coefficient (Wildman–Crippen LogP) is 2.10. The van der Waals surface area contributed by atoms with Crippen LogP contribution in [0.1, 0.15) is 38.5 Å². The monoisotopic (exact) mass is 330 g/mol. The van der Waals surface area contributed by atoms with Gasteiger partial charge in [-0.05, 0) is 31.1 Å². The number of halogens is 3. The summed E-state index contributed by atoms with van der Waals surface area (Å²) in [5.74, 6) is 0.206. The van der Waals surface area contributed by atoms with Gasteiger partial charge in [-0.25, -0.2) is 13.2 Å². The highest BCUT2D eigenvalue weighted by Gasteiger charge is 2.54. The van der Waals surface area contributed by atoms with Crippen LogP contribution < -0.4 is 10.6 Å². The van der Waals surface area contributed by atoms with Crippen molar-refractivity contribution in [2.45, 2.75) is 75.2 Å². The van der Waals surface area contributed by atoms with E-state index in [1.54, 1.807) is 0 Å². The predicted molar refractivity (Wildman–Crippen MR) is 80.4 cm³/mol. The van der Waals surface area contributed by atoms with Crippen LogP contribution in [0.25, 0.3) is 0 Å². The first-order valence-electron chi connectivity index (χ1n) is 9.00. The van der Waals surface area contributed by atoms with E-state index < -0.39 is 24.6 Å². The van der Waals surface area contributed by atoms with Crippen LogP contribution in [0.4, 0.5) is 13.2 Å². The smallest absolute Gasteiger partial charge is 0.164 e. The molecule has 4 fully saturated rings. The highest BCUT2D eigenvalue weighted by atomic mass is 19.2. The van der Waals surface area contributed by atoms with Gasteiger partial charge in [0.05, 0.1) is 0 Å². The normalized spacial score (nSPS) is 53.7. The molecule has 4 rings (SSSR count). The second kappa shape index (κ2) is 6.03. The molecular weight excluding hydrogens is 305 g/mol. The molecule has 0 aromatic heterocycles. The van der Waals surface area contributed by atoms with Crippen molar-refractivity contribution in [2.24, 2.45) is 17.8 Å². The van der Waals surface area contributed by atoms with Gasteiger partial charge in [-0.15, -0.1) is 0 Å². The molecule has 130 valence electrons. The topological polar surface area (TPSA) is 41.1 Å². The van der Waals surface area contributed by atoms with Crippen LogP contribution >= 0.6 is 0 Å². The van der Waals surface area contributed by atoms with Crippen molar-refractivity contribution in [1.29, 1.82) is 0 Å². The molecule has 0 aromatic rings.